The molecule has 1 saturated heterocycles. The van der Waals surface area contributed by atoms with E-state index < -0.39 is 5.97 Å². The van der Waals surface area contributed by atoms with Crippen molar-refractivity contribution in [3.8, 4) is 5.75 Å². The number of benzene rings is 1. The maximum absolute atomic E-state index is 11.8. The van der Waals surface area contributed by atoms with E-state index >= 15 is 0 Å². The number of ether oxygens (including phenoxy) is 3. The number of quaternary nitrogens is 1. The molecule has 1 aliphatic heterocycles. The second-order valence-electron chi connectivity index (χ2n) is 5.23. The van der Waals surface area contributed by atoms with E-state index in [1.165, 1.54) is 4.90 Å². The summed E-state index contributed by atoms with van der Waals surface area (Å²) in [6.07, 6.45) is -0.162. The van der Waals surface area contributed by atoms with Gasteiger partial charge in [0.15, 0.2) is 6.61 Å². The first-order chi connectivity index (χ1) is 10.5. The molecule has 0 bridgehead atoms. The van der Waals surface area contributed by atoms with Crippen LogP contribution in [0.15, 0.2) is 18.2 Å². The number of hydrogen-bond acceptors (Lipinski definition) is 4. The highest BCUT2D eigenvalue weighted by Crippen LogP contribution is 2.27. The molecule has 1 aromatic carbocycles. The van der Waals surface area contributed by atoms with Gasteiger partial charge in [0, 0.05) is 5.02 Å². The van der Waals surface area contributed by atoms with Gasteiger partial charge < -0.3 is 31.5 Å². The number of nitrogens with one attached hydrogen (secondary N) is 1. The van der Waals surface area contributed by atoms with E-state index in [9.17, 15) is 4.79 Å². The van der Waals surface area contributed by atoms with Gasteiger partial charge in [-0.2, -0.15) is 0 Å². The Labute approximate surface area is 152 Å². The van der Waals surface area contributed by atoms with E-state index in [0.717, 1.165) is 32.8 Å². The lowest BCUT2D eigenvalue weighted by atomic mass is 10.3. The average Bonchev–Trinajstić information content (AvgIpc) is 2.47. The van der Waals surface area contributed by atoms with E-state index in [4.69, 9.17) is 37.4 Å². The van der Waals surface area contributed by atoms with E-state index in [-0.39, 0.29) is 25.1 Å². The van der Waals surface area contributed by atoms with Crippen LogP contribution in [0.3, 0.4) is 0 Å². The maximum Gasteiger partial charge on any atom is 0.344 e. The Bertz CT molecular complexity index is 509. The minimum absolute atomic E-state index is 0. The molecule has 8 heteroatoms. The van der Waals surface area contributed by atoms with Gasteiger partial charge in [0.1, 0.15) is 31.5 Å². The summed E-state index contributed by atoms with van der Waals surface area (Å²) >= 11 is 11.8. The first-order valence-electron chi connectivity index (χ1n) is 7.23. The van der Waals surface area contributed by atoms with Crippen molar-refractivity contribution in [2.45, 2.75) is 13.0 Å². The number of carbonyl (C=O) groups is 1. The second kappa shape index (κ2) is 10.2. The van der Waals surface area contributed by atoms with Gasteiger partial charge in [-0.15, -0.1) is 0 Å². The molecular weight excluding hydrogens is 365 g/mol. The van der Waals surface area contributed by atoms with Crippen LogP contribution in [-0.4, -0.2) is 51.5 Å². The zero-order valence-corrected chi connectivity index (χ0v) is 15.1. The molecule has 130 valence electrons. The molecule has 0 spiro atoms. The fourth-order valence-corrected chi connectivity index (χ4v) is 2.76. The highest BCUT2D eigenvalue weighted by molar-refractivity contribution is 6.35. The minimum atomic E-state index is -0.411. The molecule has 0 aromatic heterocycles. The molecule has 0 saturated carbocycles. The predicted molar refractivity (Wildman–Crippen MR) is 83.9 cm³/mol. The number of halogens is 3. The quantitative estimate of drug-likeness (QED) is 0.590. The summed E-state index contributed by atoms with van der Waals surface area (Å²) in [5.41, 5.74) is 0. The van der Waals surface area contributed by atoms with Gasteiger partial charge >= 0.3 is 5.97 Å². The summed E-state index contributed by atoms with van der Waals surface area (Å²) in [6, 6.07) is 4.84. The fraction of sp³-hybridized carbons (Fsp3) is 0.533. The average molecular weight is 385 g/mol. The minimum Gasteiger partial charge on any atom is -1.00 e. The van der Waals surface area contributed by atoms with Crippen LogP contribution in [-0.2, 0) is 14.3 Å². The first-order valence-corrected chi connectivity index (χ1v) is 7.99. The zero-order valence-electron chi connectivity index (χ0n) is 12.8. The molecule has 1 unspecified atom stereocenters. The van der Waals surface area contributed by atoms with E-state index in [2.05, 4.69) is 0 Å². The SMILES string of the molecule is CC(C[NH+]1CCOCC1)OC(=O)COc1ccc(Cl)cc1Cl.[Cl-]. The van der Waals surface area contributed by atoms with E-state index in [0.29, 0.717) is 15.8 Å². The van der Waals surface area contributed by atoms with Gasteiger partial charge in [0.05, 0.1) is 18.2 Å². The van der Waals surface area contributed by atoms with E-state index in [1.54, 1.807) is 18.2 Å². The van der Waals surface area contributed by atoms with Crippen molar-refractivity contribution in [3.05, 3.63) is 28.2 Å². The van der Waals surface area contributed by atoms with Gasteiger partial charge in [-0.3, -0.25) is 0 Å². The normalized spacial score (nSPS) is 16.3. The molecule has 0 amide bonds. The van der Waals surface area contributed by atoms with Gasteiger partial charge in [0.2, 0.25) is 0 Å². The van der Waals surface area contributed by atoms with Crippen LogP contribution >= 0.6 is 23.2 Å². The van der Waals surface area contributed by atoms with Crippen molar-refractivity contribution in [1.29, 1.82) is 0 Å². The third kappa shape index (κ3) is 7.14. The smallest absolute Gasteiger partial charge is 0.344 e. The predicted octanol–water partition coefficient (Wildman–Crippen LogP) is -1.78. The lowest BCUT2D eigenvalue weighted by Gasteiger charge is -2.26. The Morgan fingerprint density at radius 2 is 2.04 bits per heavy atom. The first kappa shape index (κ1) is 20.3. The third-order valence-electron chi connectivity index (χ3n) is 3.35. The monoisotopic (exact) mass is 383 g/mol. The van der Waals surface area contributed by atoms with Crippen LogP contribution in [0.4, 0.5) is 0 Å². The Morgan fingerprint density at radius 1 is 1.35 bits per heavy atom. The van der Waals surface area contributed by atoms with Crippen molar-refractivity contribution >= 4 is 29.2 Å². The third-order valence-corrected chi connectivity index (χ3v) is 3.88. The van der Waals surface area contributed by atoms with Crippen LogP contribution < -0.4 is 22.0 Å². The van der Waals surface area contributed by atoms with Crippen molar-refractivity contribution in [2.75, 3.05) is 39.5 Å². The molecule has 1 atom stereocenters. The Kier molecular flexibility index (Phi) is 9.02. The molecule has 1 heterocycles. The summed E-state index contributed by atoms with van der Waals surface area (Å²) in [6.45, 7) is 5.89. The molecule has 1 aliphatic rings. The van der Waals surface area contributed by atoms with Gasteiger partial charge in [-0.05, 0) is 25.1 Å². The molecule has 1 aromatic rings. The Hall–Kier alpha value is -0.720. The second-order valence-corrected chi connectivity index (χ2v) is 6.07. The summed E-state index contributed by atoms with van der Waals surface area (Å²) in [5, 5.41) is 0.883. The largest absolute Gasteiger partial charge is 1.00 e. The summed E-state index contributed by atoms with van der Waals surface area (Å²) in [4.78, 5) is 13.2. The molecule has 0 radical (unpaired) electrons. The van der Waals surface area contributed by atoms with Crippen LogP contribution in [0.2, 0.25) is 10.0 Å². The number of carbonyl (C=O) groups excluding carboxylic acids is 1. The van der Waals surface area contributed by atoms with E-state index in [1.807, 2.05) is 6.92 Å². The van der Waals surface area contributed by atoms with Crippen LogP contribution in [0.5, 0.6) is 5.75 Å². The molecule has 23 heavy (non-hydrogen) atoms. The Morgan fingerprint density at radius 3 is 2.70 bits per heavy atom. The van der Waals surface area contributed by atoms with Gasteiger partial charge in [-0.1, -0.05) is 23.2 Å². The topological polar surface area (TPSA) is 49.2 Å². The lowest BCUT2D eigenvalue weighted by Crippen LogP contribution is -3.15. The van der Waals surface area contributed by atoms with Gasteiger partial charge in [-0.25, -0.2) is 4.79 Å². The summed E-state index contributed by atoms with van der Waals surface area (Å²) in [5.74, 6) is 0.000602. The highest BCUT2D eigenvalue weighted by Gasteiger charge is 2.20. The fourth-order valence-electron chi connectivity index (χ4n) is 2.30. The standard InChI is InChI=1S/C15H19Cl2NO4.ClH/c1-11(9-18-4-6-20-7-5-18)22-15(19)10-21-14-3-2-12(16)8-13(14)17;/h2-3,8,11H,4-7,9-10H2,1H3;1H. The number of morpholine rings is 1. The van der Waals surface area contributed by atoms with Crippen LogP contribution in [0.1, 0.15) is 6.92 Å². The summed E-state index contributed by atoms with van der Waals surface area (Å²) < 4.78 is 16.0. The van der Waals surface area contributed by atoms with Crippen LogP contribution in [0, 0.1) is 0 Å². The molecule has 5 nitrogen and oxygen atoms in total. The molecule has 1 N–H and O–H groups in total. The van der Waals surface area contributed by atoms with Crippen molar-refractivity contribution in [3.63, 3.8) is 0 Å². The zero-order chi connectivity index (χ0) is 15.9. The lowest BCUT2D eigenvalue weighted by molar-refractivity contribution is -0.910. The number of hydrogen-bond donors (Lipinski definition) is 1. The Balaban J connectivity index is 0.00000264. The maximum atomic E-state index is 11.8. The molecule has 2 rings (SSSR count). The number of esters is 1. The van der Waals surface area contributed by atoms with Crippen molar-refractivity contribution < 1.29 is 36.3 Å². The highest BCUT2D eigenvalue weighted by atomic mass is 35.5. The molecule has 0 aliphatic carbocycles. The molecular formula is C15H20Cl3NO4. The van der Waals surface area contributed by atoms with Crippen molar-refractivity contribution in [1.82, 2.24) is 0 Å². The van der Waals surface area contributed by atoms with Gasteiger partial charge in [0.25, 0.3) is 0 Å². The molecule has 1 fully saturated rings. The van der Waals surface area contributed by atoms with Crippen molar-refractivity contribution in [2.24, 2.45) is 0 Å². The van der Waals surface area contributed by atoms with Crippen LogP contribution in [0.25, 0.3) is 0 Å². The number of rotatable bonds is 6. The summed E-state index contributed by atoms with van der Waals surface area (Å²) in [7, 11) is 0.